The molecule has 1 saturated carbocycles. The van der Waals surface area contributed by atoms with Crippen molar-refractivity contribution in [3.8, 4) is 0 Å². The summed E-state index contributed by atoms with van der Waals surface area (Å²) in [7, 11) is 0. The molecular formula is C15H22F2N4O. The zero-order valence-electron chi connectivity index (χ0n) is 12.8. The predicted molar refractivity (Wildman–Crippen MR) is 76.3 cm³/mol. The maximum Gasteiger partial charge on any atom is 0.267 e. The molecule has 0 radical (unpaired) electrons. The first-order valence-corrected chi connectivity index (χ1v) is 8.01. The monoisotopic (exact) mass is 312 g/mol. The molecule has 1 aromatic heterocycles. The van der Waals surface area contributed by atoms with Crippen LogP contribution < -0.4 is 0 Å². The number of hydrogen-bond acceptors (Lipinski definition) is 3. The summed E-state index contributed by atoms with van der Waals surface area (Å²) in [5.41, 5.74) is 0. The molecule has 1 aromatic rings. The number of aromatic amines is 1. The molecule has 3 rings (SSSR count). The first-order chi connectivity index (χ1) is 10.4. The molecule has 2 aliphatic rings. The number of amides is 1. The lowest BCUT2D eigenvalue weighted by atomic mass is 10.0. The van der Waals surface area contributed by atoms with E-state index in [0.29, 0.717) is 24.0 Å². The van der Waals surface area contributed by atoms with Gasteiger partial charge < -0.3 is 4.90 Å². The van der Waals surface area contributed by atoms with Crippen LogP contribution in [0.5, 0.6) is 0 Å². The van der Waals surface area contributed by atoms with Crippen molar-refractivity contribution >= 4 is 5.91 Å². The number of alkyl halides is 2. The van der Waals surface area contributed by atoms with Crippen LogP contribution in [0.2, 0.25) is 0 Å². The van der Waals surface area contributed by atoms with E-state index in [-0.39, 0.29) is 12.3 Å². The van der Waals surface area contributed by atoms with Gasteiger partial charge in [-0.3, -0.25) is 9.89 Å². The minimum absolute atomic E-state index is 0.198. The largest absolute Gasteiger partial charge is 0.326 e. The summed E-state index contributed by atoms with van der Waals surface area (Å²) in [6, 6.07) is -0.712. The van der Waals surface area contributed by atoms with Crippen LogP contribution in [0.25, 0.3) is 0 Å². The highest BCUT2D eigenvalue weighted by Crippen LogP contribution is 2.40. The van der Waals surface area contributed by atoms with E-state index in [9.17, 15) is 13.6 Å². The van der Waals surface area contributed by atoms with Gasteiger partial charge in [0.2, 0.25) is 5.91 Å². The van der Waals surface area contributed by atoms with E-state index in [1.807, 2.05) is 0 Å². The molecule has 122 valence electrons. The van der Waals surface area contributed by atoms with Crippen LogP contribution in [0.4, 0.5) is 8.78 Å². The quantitative estimate of drug-likeness (QED) is 0.929. The van der Waals surface area contributed by atoms with Gasteiger partial charge in [0.25, 0.3) is 5.92 Å². The van der Waals surface area contributed by atoms with Crippen LogP contribution in [0.3, 0.4) is 0 Å². The Hall–Kier alpha value is -1.53. The van der Waals surface area contributed by atoms with E-state index in [2.05, 4.69) is 15.2 Å². The molecule has 1 N–H and O–H groups in total. The number of carbonyl (C=O) groups excluding carboxylic acids is 1. The molecule has 5 nitrogen and oxygen atoms in total. The highest BCUT2D eigenvalue weighted by Gasteiger charge is 2.48. The third-order valence-electron chi connectivity index (χ3n) is 4.74. The van der Waals surface area contributed by atoms with Crippen LogP contribution in [0.15, 0.2) is 0 Å². The lowest BCUT2D eigenvalue weighted by molar-refractivity contribution is -0.133. The van der Waals surface area contributed by atoms with E-state index < -0.39 is 18.5 Å². The molecule has 1 saturated heterocycles. The van der Waals surface area contributed by atoms with Crippen molar-refractivity contribution in [3.63, 3.8) is 0 Å². The molecule has 2 fully saturated rings. The van der Waals surface area contributed by atoms with Gasteiger partial charge in [0.1, 0.15) is 5.82 Å². The molecule has 0 unspecified atom stereocenters. The summed E-state index contributed by atoms with van der Waals surface area (Å²) in [6.45, 7) is 1.20. The molecule has 22 heavy (non-hydrogen) atoms. The standard InChI is InChI=1S/C15H22F2N4O/c1-10-18-14(20-19-10)12-8-15(16,17)9-21(12)13(22)7-6-11-4-2-3-5-11/h11-12H,2-9H2,1H3,(H,18,19,20)/t12-/m0/s1. The van der Waals surface area contributed by atoms with Crippen molar-refractivity contribution in [2.75, 3.05) is 6.54 Å². The van der Waals surface area contributed by atoms with Gasteiger partial charge in [0.15, 0.2) is 5.82 Å². The van der Waals surface area contributed by atoms with Gasteiger partial charge >= 0.3 is 0 Å². The minimum atomic E-state index is -2.86. The number of aryl methyl sites for hydroxylation is 1. The smallest absolute Gasteiger partial charge is 0.267 e. The first kappa shape index (κ1) is 15.4. The highest BCUT2D eigenvalue weighted by molar-refractivity contribution is 5.77. The van der Waals surface area contributed by atoms with Crippen molar-refractivity contribution in [1.29, 1.82) is 0 Å². The summed E-state index contributed by atoms with van der Waals surface area (Å²) in [4.78, 5) is 17.8. The molecule has 1 amide bonds. The Morgan fingerprint density at radius 2 is 2.14 bits per heavy atom. The zero-order chi connectivity index (χ0) is 15.7. The van der Waals surface area contributed by atoms with Gasteiger partial charge in [-0.15, -0.1) is 0 Å². The van der Waals surface area contributed by atoms with Crippen molar-refractivity contribution in [3.05, 3.63) is 11.6 Å². The van der Waals surface area contributed by atoms with Gasteiger partial charge in [0, 0.05) is 12.8 Å². The third kappa shape index (κ3) is 3.28. The van der Waals surface area contributed by atoms with Crippen molar-refractivity contribution in [1.82, 2.24) is 20.1 Å². The Morgan fingerprint density at radius 1 is 1.41 bits per heavy atom. The maximum atomic E-state index is 13.8. The van der Waals surface area contributed by atoms with Crippen LogP contribution in [0.1, 0.15) is 62.6 Å². The van der Waals surface area contributed by atoms with Crippen molar-refractivity contribution < 1.29 is 13.6 Å². The van der Waals surface area contributed by atoms with Gasteiger partial charge in [-0.2, -0.15) is 5.10 Å². The molecule has 2 heterocycles. The van der Waals surface area contributed by atoms with Gasteiger partial charge in [0.05, 0.1) is 12.6 Å². The Kier molecular flexibility index (Phi) is 4.14. The number of likely N-dealkylation sites (tertiary alicyclic amines) is 1. The van der Waals surface area contributed by atoms with Crippen LogP contribution in [-0.2, 0) is 4.79 Å². The lowest BCUT2D eigenvalue weighted by Gasteiger charge is -2.22. The second kappa shape index (κ2) is 5.93. The van der Waals surface area contributed by atoms with E-state index in [1.54, 1.807) is 6.92 Å². The average molecular weight is 312 g/mol. The van der Waals surface area contributed by atoms with Crippen LogP contribution in [0, 0.1) is 12.8 Å². The predicted octanol–water partition coefficient (Wildman–Crippen LogP) is 2.99. The lowest BCUT2D eigenvalue weighted by Crippen LogP contribution is -2.33. The van der Waals surface area contributed by atoms with E-state index in [4.69, 9.17) is 0 Å². The molecule has 1 aliphatic carbocycles. The molecule has 0 bridgehead atoms. The summed E-state index contributed by atoms with van der Waals surface area (Å²) in [6.07, 6.45) is 5.53. The second-order valence-corrected chi connectivity index (χ2v) is 6.57. The fraction of sp³-hybridized carbons (Fsp3) is 0.800. The Bertz CT molecular complexity index is 539. The fourth-order valence-electron chi connectivity index (χ4n) is 3.59. The summed E-state index contributed by atoms with van der Waals surface area (Å²) >= 11 is 0. The summed E-state index contributed by atoms with van der Waals surface area (Å²) < 4.78 is 27.6. The van der Waals surface area contributed by atoms with Crippen molar-refractivity contribution in [2.24, 2.45) is 5.92 Å². The van der Waals surface area contributed by atoms with Gasteiger partial charge in [-0.25, -0.2) is 13.8 Å². The SMILES string of the molecule is Cc1nc([C@@H]2CC(F)(F)CN2C(=O)CCC2CCCC2)n[nH]1. The highest BCUT2D eigenvalue weighted by atomic mass is 19.3. The van der Waals surface area contributed by atoms with Crippen LogP contribution in [-0.4, -0.2) is 38.5 Å². The number of rotatable bonds is 4. The Labute approximate surface area is 128 Å². The summed E-state index contributed by atoms with van der Waals surface area (Å²) in [5, 5.41) is 6.64. The molecule has 0 aromatic carbocycles. The van der Waals surface area contributed by atoms with Crippen molar-refractivity contribution in [2.45, 2.75) is 63.8 Å². The molecule has 0 spiro atoms. The third-order valence-corrected chi connectivity index (χ3v) is 4.74. The normalized spacial score (nSPS) is 25.0. The number of halogens is 2. The number of nitrogens with zero attached hydrogens (tertiary/aromatic N) is 3. The van der Waals surface area contributed by atoms with Crippen LogP contribution >= 0.6 is 0 Å². The van der Waals surface area contributed by atoms with E-state index in [1.165, 1.54) is 17.7 Å². The maximum absolute atomic E-state index is 13.8. The number of hydrogen-bond donors (Lipinski definition) is 1. The van der Waals surface area contributed by atoms with E-state index in [0.717, 1.165) is 19.3 Å². The van der Waals surface area contributed by atoms with E-state index >= 15 is 0 Å². The second-order valence-electron chi connectivity index (χ2n) is 6.57. The Morgan fingerprint density at radius 3 is 2.77 bits per heavy atom. The topological polar surface area (TPSA) is 61.9 Å². The zero-order valence-corrected chi connectivity index (χ0v) is 12.8. The van der Waals surface area contributed by atoms with Gasteiger partial charge in [-0.1, -0.05) is 25.7 Å². The first-order valence-electron chi connectivity index (χ1n) is 8.01. The fourth-order valence-corrected chi connectivity index (χ4v) is 3.59. The average Bonchev–Trinajstić information content (AvgIpc) is 3.15. The molecule has 1 atom stereocenters. The number of carbonyl (C=O) groups is 1. The minimum Gasteiger partial charge on any atom is -0.326 e. The number of H-pyrrole nitrogens is 1. The Balaban J connectivity index is 1.67. The van der Waals surface area contributed by atoms with Gasteiger partial charge in [-0.05, 0) is 19.3 Å². The molecule has 7 heteroatoms. The number of nitrogens with one attached hydrogen (secondary N) is 1. The molecular weight excluding hydrogens is 290 g/mol. The molecule has 1 aliphatic heterocycles. The number of aromatic nitrogens is 3. The summed E-state index contributed by atoms with van der Waals surface area (Å²) in [5.74, 6) is -1.61.